The summed E-state index contributed by atoms with van der Waals surface area (Å²) in [6.45, 7) is 0. The molecule has 2 aliphatic rings. The molecular formula is C34H12F4N2S6. The molecule has 6 aromatic heterocycles. The van der Waals surface area contributed by atoms with E-state index in [0.717, 1.165) is 29.3 Å². The molecule has 9 rings (SSSR count). The molecule has 0 spiro atoms. The van der Waals surface area contributed by atoms with Crippen LogP contribution in [-0.2, 0) is 11.8 Å². The predicted octanol–water partition coefficient (Wildman–Crippen LogP) is 12.7. The lowest BCUT2D eigenvalue weighted by molar-refractivity contribution is 0.0453. The molecule has 7 aromatic rings. The van der Waals surface area contributed by atoms with E-state index in [1.165, 1.54) is 92.3 Å². The third-order valence-corrected chi connectivity index (χ3v) is 15.4. The Hall–Kier alpha value is -3.88. The number of alkyl halides is 4. The summed E-state index contributed by atoms with van der Waals surface area (Å²) < 4.78 is 64.2. The summed E-state index contributed by atoms with van der Waals surface area (Å²) in [5, 5.41) is 18.3. The number of nitriles is 2. The van der Waals surface area contributed by atoms with E-state index >= 15 is 17.6 Å². The van der Waals surface area contributed by atoms with Crippen LogP contribution < -0.4 is 0 Å². The van der Waals surface area contributed by atoms with Crippen LogP contribution in [0.2, 0.25) is 0 Å². The number of fused-ring (bicyclic) bond motifs is 6. The van der Waals surface area contributed by atoms with Crippen LogP contribution in [0, 0.1) is 22.7 Å². The monoisotopic (exact) mass is 716 g/mol. The molecule has 2 nitrogen and oxygen atoms in total. The Kier molecular flexibility index (Phi) is 6.05. The van der Waals surface area contributed by atoms with Crippen molar-refractivity contribution in [1.29, 1.82) is 10.5 Å². The van der Waals surface area contributed by atoms with Gasteiger partial charge in [-0.3, -0.25) is 0 Å². The third kappa shape index (κ3) is 3.99. The number of nitrogens with zero attached hydrogens (tertiary/aromatic N) is 2. The zero-order valence-electron chi connectivity index (χ0n) is 22.8. The number of hydrogen-bond donors (Lipinski definition) is 0. The Labute approximate surface area is 283 Å². The first-order valence-corrected chi connectivity index (χ1v) is 18.5. The summed E-state index contributed by atoms with van der Waals surface area (Å²) in [7, 11) is 0. The Balaban J connectivity index is 1.09. The molecule has 0 saturated carbocycles. The number of thiophene rings is 6. The van der Waals surface area contributed by atoms with E-state index in [4.69, 9.17) is 10.5 Å². The minimum Gasteiger partial charge on any atom is -0.196 e. The van der Waals surface area contributed by atoms with Crippen molar-refractivity contribution >= 4 is 68.0 Å². The summed E-state index contributed by atoms with van der Waals surface area (Å²) in [5.74, 6) is -6.65. The van der Waals surface area contributed by atoms with Crippen LogP contribution in [0.25, 0.3) is 59.9 Å². The van der Waals surface area contributed by atoms with Crippen LogP contribution in [0.5, 0.6) is 0 Å². The highest BCUT2D eigenvalue weighted by Gasteiger charge is 2.52. The maximum Gasteiger partial charge on any atom is 0.300 e. The molecule has 0 radical (unpaired) electrons. The lowest BCUT2D eigenvalue weighted by Gasteiger charge is -2.16. The highest BCUT2D eigenvalue weighted by molar-refractivity contribution is 7.28. The van der Waals surface area contributed by atoms with Crippen LogP contribution in [0.4, 0.5) is 17.6 Å². The first-order chi connectivity index (χ1) is 22.1. The SMILES string of the molecule is N#Cc1ccc(-c2ccc(-c3cc4c(s3)-c3cc5c(cc3C4(F)F)-c3sc(-c4ccc(-c6ccc(C#N)s6)s4)cc3C5(F)F)s2)s1. The summed E-state index contributed by atoms with van der Waals surface area (Å²) in [6, 6.07) is 24.6. The van der Waals surface area contributed by atoms with Crippen molar-refractivity contribution in [2.24, 2.45) is 0 Å². The first-order valence-electron chi connectivity index (χ1n) is 13.6. The Morgan fingerprint density at radius 3 is 1.13 bits per heavy atom. The minimum atomic E-state index is -3.33. The molecule has 222 valence electrons. The fourth-order valence-corrected chi connectivity index (χ4v) is 12.3. The highest BCUT2D eigenvalue weighted by atomic mass is 32.1. The molecule has 0 unspecified atom stereocenters. The first kappa shape index (κ1) is 28.4. The van der Waals surface area contributed by atoms with E-state index in [0.29, 0.717) is 29.3 Å². The van der Waals surface area contributed by atoms with Crippen molar-refractivity contribution in [3.05, 3.63) is 105 Å². The summed E-state index contributed by atoms with van der Waals surface area (Å²) in [4.78, 5) is 8.48. The molecule has 12 heteroatoms. The Morgan fingerprint density at radius 1 is 0.413 bits per heavy atom. The van der Waals surface area contributed by atoms with Gasteiger partial charge < -0.3 is 0 Å². The van der Waals surface area contributed by atoms with Gasteiger partial charge in [0.25, 0.3) is 0 Å². The molecule has 2 aliphatic carbocycles. The van der Waals surface area contributed by atoms with E-state index in [9.17, 15) is 0 Å². The molecular weight excluding hydrogens is 705 g/mol. The molecule has 0 saturated heterocycles. The van der Waals surface area contributed by atoms with Gasteiger partial charge in [-0.25, -0.2) is 0 Å². The molecule has 0 bridgehead atoms. The zero-order valence-corrected chi connectivity index (χ0v) is 27.7. The van der Waals surface area contributed by atoms with Crippen molar-refractivity contribution in [3.8, 4) is 72.0 Å². The largest absolute Gasteiger partial charge is 0.300 e. The van der Waals surface area contributed by atoms with Gasteiger partial charge in [-0.05, 0) is 72.8 Å². The van der Waals surface area contributed by atoms with Crippen molar-refractivity contribution in [3.63, 3.8) is 0 Å². The van der Waals surface area contributed by atoms with Gasteiger partial charge in [0.05, 0.1) is 0 Å². The second kappa shape index (κ2) is 9.81. The second-order valence-corrected chi connectivity index (χ2v) is 17.1. The average Bonchev–Trinajstić information content (AvgIpc) is 3.89. The molecule has 0 atom stereocenters. The van der Waals surface area contributed by atoms with E-state index in [-0.39, 0.29) is 33.4 Å². The maximum absolute atomic E-state index is 16.0. The Bertz CT molecular complexity index is 2310. The van der Waals surface area contributed by atoms with Crippen molar-refractivity contribution in [2.75, 3.05) is 0 Å². The van der Waals surface area contributed by atoms with Crippen molar-refractivity contribution < 1.29 is 17.6 Å². The predicted molar refractivity (Wildman–Crippen MR) is 182 cm³/mol. The molecule has 0 aliphatic heterocycles. The molecule has 46 heavy (non-hydrogen) atoms. The number of benzene rings is 1. The lowest BCUT2D eigenvalue weighted by atomic mass is 9.99. The normalized spacial score (nSPS) is 14.8. The minimum absolute atomic E-state index is 0.154. The number of halogens is 4. The van der Waals surface area contributed by atoms with Gasteiger partial charge in [0.2, 0.25) is 0 Å². The molecule has 0 amide bonds. The summed E-state index contributed by atoms with van der Waals surface area (Å²) in [6.07, 6.45) is 0. The molecule has 0 fully saturated rings. The van der Waals surface area contributed by atoms with Gasteiger partial charge in [0, 0.05) is 82.2 Å². The van der Waals surface area contributed by atoms with Crippen LogP contribution in [0.1, 0.15) is 32.0 Å². The number of rotatable bonds is 4. The van der Waals surface area contributed by atoms with Crippen LogP contribution in [0.15, 0.2) is 72.8 Å². The fraction of sp³-hybridized carbons (Fsp3) is 0.0588. The van der Waals surface area contributed by atoms with Gasteiger partial charge >= 0.3 is 11.8 Å². The highest BCUT2D eigenvalue weighted by Crippen LogP contribution is 2.62. The summed E-state index contributed by atoms with van der Waals surface area (Å²) in [5.41, 5.74) is -0.464. The van der Waals surface area contributed by atoms with Crippen molar-refractivity contribution in [2.45, 2.75) is 11.8 Å². The van der Waals surface area contributed by atoms with E-state index in [1.807, 2.05) is 36.4 Å². The molecule has 0 N–H and O–H groups in total. The summed E-state index contributed by atoms with van der Waals surface area (Å²) >= 11 is 8.04. The molecule has 1 aromatic carbocycles. The second-order valence-electron chi connectivity index (χ2n) is 10.7. The van der Waals surface area contributed by atoms with Gasteiger partial charge in [-0.15, -0.1) is 68.0 Å². The smallest absolute Gasteiger partial charge is 0.196 e. The van der Waals surface area contributed by atoms with Crippen LogP contribution in [0.3, 0.4) is 0 Å². The third-order valence-electron chi connectivity index (χ3n) is 8.08. The van der Waals surface area contributed by atoms with Crippen molar-refractivity contribution in [1.82, 2.24) is 0 Å². The number of hydrogen-bond acceptors (Lipinski definition) is 8. The van der Waals surface area contributed by atoms with Gasteiger partial charge in [0.1, 0.15) is 21.9 Å². The van der Waals surface area contributed by atoms with Crippen LogP contribution in [-0.4, -0.2) is 0 Å². The standard InChI is InChI=1S/C34H12F4N2S6/c35-33(36)19-10-18-20(9-17(19)31-21(33)11-29(45-31)27-7-5-25(43-27)23-3-1-15(13-39)41-23)34(37,38)22-12-30(46-32(18)22)28-8-6-26(44-28)24-4-2-16(14-40)42-24/h1-12H. The van der Waals surface area contributed by atoms with E-state index < -0.39 is 11.8 Å². The Morgan fingerprint density at radius 2 is 0.761 bits per heavy atom. The molecule has 6 heterocycles. The van der Waals surface area contributed by atoms with Gasteiger partial charge in [-0.2, -0.15) is 28.1 Å². The van der Waals surface area contributed by atoms with Crippen LogP contribution >= 0.6 is 68.0 Å². The average molecular weight is 717 g/mol. The van der Waals surface area contributed by atoms with Gasteiger partial charge in [-0.1, -0.05) is 0 Å². The topological polar surface area (TPSA) is 47.6 Å². The zero-order chi connectivity index (χ0) is 31.5. The van der Waals surface area contributed by atoms with E-state index in [2.05, 4.69) is 12.1 Å². The quantitative estimate of drug-likeness (QED) is 0.170. The van der Waals surface area contributed by atoms with E-state index in [1.54, 1.807) is 12.1 Å². The van der Waals surface area contributed by atoms with Gasteiger partial charge in [0.15, 0.2) is 0 Å². The fourth-order valence-electron chi connectivity index (χ4n) is 5.94. The maximum atomic E-state index is 16.0. The lowest BCUT2D eigenvalue weighted by Crippen LogP contribution is -2.13.